The largest absolute Gasteiger partial charge is 0.375 e. The van der Waals surface area contributed by atoms with E-state index in [0.29, 0.717) is 22.1 Å². The number of hydrogen-bond donors (Lipinski definition) is 2. The molecule has 0 aliphatic heterocycles. The van der Waals surface area contributed by atoms with Crippen LogP contribution in [0.4, 0.5) is 16.5 Å². The zero-order valence-corrected chi connectivity index (χ0v) is 19.3. The molecular formula is C24H18N6O2S2. The zero-order valence-electron chi connectivity index (χ0n) is 17.7. The summed E-state index contributed by atoms with van der Waals surface area (Å²) in [5.41, 5.74) is 11.6. The Morgan fingerprint density at radius 2 is 1.79 bits per heavy atom. The molecule has 0 spiro atoms. The lowest BCUT2D eigenvalue weighted by Gasteiger charge is -2.22. The Hall–Kier alpha value is -4.15. The minimum atomic E-state index is -0.327. The second-order valence-corrected chi connectivity index (χ2v) is 9.10. The van der Waals surface area contributed by atoms with Gasteiger partial charge in [0.15, 0.2) is 5.13 Å². The van der Waals surface area contributed by atoms with Crippen molar-refractivity contribution in [3.05, 3.63) is 83.4 Å². The standard InChI is InChI=1S/C24H18N6O2S2/c25-24-29-20(13-33-24)15-1-3-17(4-2-15)28-22(31)12-30(23(32)16-7-9-26-10-8-16)18-5-6-21-19(11-18)27-14-34-21/h1-11,13-14H,12H2,(H2,25,29)(H,28,31). The number of aromatic nitrogens is 3. The van der Waals surface area contributed by atoms with E-state index in [0.717, 1.165) is 21.5 Å². The number of pyridine rings is 1. The molecule has 2 aromatic carbocycles. The number of nitrogens with two attached hydrogens (primary N) is 1. The van der Waals surface area contributed by atoms with Crippen molar-refractivity contribution in [1.82, 2.24) is 15.0 Å². The van der Waals surface area contributed by atoms with E-state index < -0.39 is 0 Å². The molecule has 0 bridgehead atoms. The van der Waals surface area contributed by atoms with Gasteiger partial charge in [0.05, 0.1) is 21.4 Å². The highest BCUT2D eigenvalue weighted by molar-refractivity contribution is 7.16. The number of thiazole rings is 2. The number of amides is 2. The van der Waals surface area contributed by atoms with Crippen LogP contribution in [0.15, 0.2) is 77.9 Å². The minimum absolute atomic E-state index is 0.166. The van der Waals surface area contributed by atoms with Crippen molar-refractivity contribution in [3.8, 4) is 11.3 Å². The number of hydrogen-bond acceptors (Lipinski definition) is 8. The summed E-state index contributed by atoms with van der Waals surface area (Å²) in [7, 11) is 0. The van der Waals surface area contributed by atoms with E-state index in [1.54, 1.807) is 42.2 Å². The number of rotatable bonds is 6. The smallest absolute Gasteiger partial charge is 0.258 e. The van der Waals surface area contributed by atoms with Gasteiger partial charge in [0.1, 0.15) is 6.54 Å². The van der Waals surface area contributed by atoms with Crippen LogP contribution >= 0.6 is 22.7 Å². The van der Waals surface area contributed by atoms with E-state index in [1.807, 2.05) is 35.7 Å². The molecule has 168 valence electrons. The highest BCUT2D eigenvalue weighted by Gasteiger charge is 2.21. The number of benzene rings is 2. The average Bonchev–Trinajstić information content (AvgIpc) is 3.51. The lowest BCUT2D eigenvalue weighted by molar-refractivity contribution is -0.114. The van der Waals surface area contributed by atoms with Crippen molar-refractivity contribution in [2.75, 3.05) is 22.5 Å². The Bertz CT molecular complexity index is 1460. The first-order valence-corrected chi connectivity index (χ1v) is 12.0. The van der Waals surface area contributed by atoms with Gasteiger partial charge < -0.3 is 11.1 Å². The highest BCUT2D eigenvalue weighted by Crippen LogP contribution is 2.26. The normalized spacial score (nSPS) is 10.8. The minimum Gasteiger partial charge on any atom is -0.375 e. The molecule has 3 aromatic heterocycles. The average molecular weight is 487 g/mol. The topological polar surface area (TPSA) is 114 Å². The third kappa shape index (κ3) is 4.63. The predicted octanol–water partition coefficient (Wildman–Crippen LogP) is 4.68. The van der Waals surface area contributed by atoms with Gasteiger partial charge in [-0.3, -0.25) is 19.5 Å². The molecule has 34 heavy (non-hydrogen) atoms. The fourth-order valence-corrected chi connectivity index (χ4v) is 4.66. The maximum Gasteiger partial charge on any atom is 0.258 e. The Labute approximate surface area is 202 Å². The van der Waals surface area contributed by atoms with Gasteiger partial charge in [0.2, 0.25) is 5.91 Å². The number of nitrogens with zero attached hydrogens (tertiary/aromatic N) is 4. The fourth-order valence-electron chi connectivity index (χ4n) is 3.43. The van der Waals surface area contributed by atoms with Gasteiger partial charge in [-0.15, -0.1) is 22.7 Å². The van der Waals surface area contributed by atoms with Crippen LogP contribution in [0.3, 0.4) is 0 Å². The molecule has 3 N–H and O–H groups in total. The van der Waals surface area contributed by atoms with Gasteiger partial charge in [0, 0.05) is 40.3 Å². The molecule has 0 fully saturated rings. The van der Waals surface area contributed by atoms with Gasteiger partial charge >= 0.3 is 0 Å². The maximum absolute atomic E-state index is 13.3. The molecule has 0 unspecified atom stereocenters. The van der Waals surface area contributed by atoms with E-state index in [4.69, 9.17) is 5.73 Å². The van der Waals surface area contributed by atoms with Crippen LogP contribution in [0.5, 0.6) is 0 Å². The number of nitrogens with one attached hydrogen (secondary N) is 1. The van der Waals surface area contributed by atoms with E-state index in [9.17, 15) is 9.59 Å². The number of carbonyl (C=O) groups is 2. The summed E-state index contributed by atoms with van der Waals surface area (Å²) in [5, 5.41) is 5.24. The third-order valence-corrected chi connectivity index (χ3v) is 6.57. The van der Waals surface area contributed by atoms with Crippen LogP contribution in [0, 0.1) is 0 Å². The van der Waals surface area contributed by atoms with Gasteiger partial charge in [0.25, 0.3) is 5.91 Å². The van der Waals surface area contributed by atoms with Gasteiger partial charge in [-0.2, -0.15) is 0 Å². The lowest BCUT2D eigenvalue weighted by atomic mass is 10.1. The number of nitrogen functional groups attached to an aromatic ring is 1. The first-order chi connectivity index (χ1) is 16.6. The Balaban J connectivity index is 1.37. The zero-order chi connectivity index (χ0) is 23.5. The molecule has 10 heteroatoms. The Kier molecular flexibility index (Phi) is 5.98. The van der Waals surface area contributed by atoms with Crippen LogP contribution < -0.4 is 16.0 Å². The summed E-state index contributed by atoms with van der Waals surface area (Å²) in [6, 6.07) is 16.1. The van der Waals surface area contributed by atoms with Crippen molar-refractivity contribution >= 4 is 61.2 Å². The van der Waals surface area contributed by atoms with E-state index in [-0.39, 0.29) is 18.4 Å². The number of fused-ring (bicyclic) bond motifs is 1. The summed E-state index contributed by atoms with van der Waals surface area (Å²) in [6.07, 6.45) is 3.10. The predicted molar refractivity (Wildman–Crippen MR) is 136 cm³/mol. The molecule has 0 atom stereocenters. The molecule has 0 radical (unpaired) electrons. The van der Waals surface area contributed by atoms with Crippen molar-refractivity contribution < 1.29 is 9.59 Å². The number of anilines is 3. The highest BCUT2D eigenvalue weighted by atomic mass is 32.1. The maximum atomic E-state index is 13.3. The molecule has 5 aromatic rings. The molecule has 3 heterocycles. The summed E-state index contributed by atoms with van der Waals surface area (Å²) in [6.45, 7) is -0.166. The van der Waals surface area contributed by atoms with E-state index in [1.165, 1.54) is 27.6 Å². The van der Waals surface area contributed by atoms with Crippen molar-refractivity contribution in [2.24, 2.45) is 0 Å². The first kappa shape index (κ1) is 21.7. The monoisotopic (exact) mass is 486 g/mol. The Morgan fingerprint density at radius 3 is 2.53 bits per heavy atom. The number of carbonyl (C=O) groups excluding carboxylic acids is 2. The second-order valence-electron chi connectivity index (χ2n) is 7.33. The third-order valence-electron chi connectivity index (χ3n) is 5.09. The van der Waals surface area contributed by atoms with Crippen LogP contribution in [-0.2, 0) is 4.79 Å². The molecule has 5 rings (SSSR count). The first-order valence-electron chi connectivity index (χ1n) is 10.2. The van der Waals surface area contributed by atoms with Crippen LogP contribution in [0.25, 0.3) is 21.5 Å². The molecular weight excluding hydrogens is 468 g/mol. The summed E-state index contributed by atoms with van der Waals surface area (Å²) in [4.78, 5) is 40.3. The summed E-state index contributed by atoms with van der Waals surface area (Å²) >= 11 is 2.89. The van der Waals surface area contributed by atoms with Crippen LogP contribution in [-0.4, -0.2) is 33.3 Å². The molecule has 0 saturated carbocycles. The summed E-state index contributed by atoms with van der Waals surface area (Å²) in [5.74, 6) is -0.630. The summed E-state index contributed by atoms with van der Waals surface area (Å²) < 4.78 is 1.01. The molecule has 2 amide bonds. The SMILES string of the molecule is Nc1nc(-c2ccc(NC(=O)CN(C(=O)c3ccncc3)c3ccc4scnc4c3)cc2)cs1. The molecule has 0 saturated heterocycles. The van der Waals surface area contributed by atoms with Gasteiger partial charge in [-0.1, -0.05) is 12.1 Å². The molecule has 0 aliphatic carbocycles. The van der Waals surface area contributed by atoms with E-state index in [2.05, 4.69) is 20.3 Å². The van der Waals surface area contributed by atoms with Gasteiger partial charge in [-0.05, 0) is 42.5 Å². The lowest BCUT2D eigenvalue weighted by Crippen LogP contribution is -2.38. The van der Waals surface area contributed by atoms with Crippen molar-refractivity contribution in [1.29, 1.82) is 0 Å². The van der Waals surface area contributed by atoms with Crippen LogP contribution in [0.1, 0.15) is 10.4 Å². The second kappa shape index (κ2) is 9.38. The van der Waals surface area contributed by atoms with Crippen LogP contribution in [0.2, 0.25) is 0 Å². The van der Waals surface area contributed by atoms with Crippen molar-refractivity contribution in [3.63, 3.8) is 0 Å². The van der Waals surface area contributed by atoms with Gasteiger partial charge in [-0.25, -0.2) is 9.97 Å². The molecule has 0 aliphatic rings. The quantitative estimate of drug-likeness (QED) is 0.360. The fraction of sp³-hybridized carbons (Fsp3) is 0.0417. The van der Waals surface area contributed by atoms with E-state index >= 15 is 0 Å². The molecule has 8 nitrogen and oxygen atoms in total. The Morgan fingerprint density at radius 1 is 1.00 bits per heavy atom. The van der Waals surface area contributed by atoms with Crippen molar-refractivity contribution in [2.45, 2.75) is 0 Å².